The molecule has 2 aromatic rings. The summed E-state index contributed by atoms with van der Waals surface area (Å²) >= 11 is 6.03. The highest BCUT2D eigenvalue weighted by molar-refractivity contribution is 6.33. The molecule has 0 unspecified atom stereocenters. The Labute approximate surface area is 153 Å². The van der Waals surface area contributed by atoms with Gasteiger partial charge in [-0.25, -0.2) is 5.43 Å². The van der Waals surface area contributed by atoms with Gasteiger partial charge in [-0.05, 0) is 44.9 Å². The predicted octanol–water partition coefficient (Wildman–Crippen LogP) is 5.03. The van der Waals surface area contributed by atoms with Gasteiger partial charge in [0.25, 0.3) is 5.91 Å². The van der Waals surface area contributed by atoms with Crippen LogP contribution in [-0.4, -0.2) is 16.7 Å². The maximum atomic E-state index is 12.1. The maximum absolute atomic E-state index is 12.1. The Morgan fingerprint density at radius 1 is 1.24 bits per heavy atom. The molecule has 0 saturated heterocycles. The molecule has 0 spiro atoms. The lowest BCUT2D eigenvalue weighted by Crippen LogP contribution is -2.18. The van der Waals surface area contributed by atoms with E-state index >= 15 is 0 Å². The number of benzene rings is 1. The molecule has 0 bridgehead atoms. The van der Waals surface area contributed by atoms with E-state index in [4.69, 9.17) is 11.6 Å². The van der Waals surface area contributed by atoms with Gasteiger partial charge in [0.15, 0.2) is 0 Å². The van der Waals surface area contributed by atoms with E-state index in [-0.39, 0.29) is 5.91 Å². The normalized spacial score (nSPS) is 15.6. The quantitative estimate of drug-likeness (QED) is 0.605. The molecule has 0 atom stereocenters. The molecule has 5 heteroatoms. The number of rotatable bonds is 4. The number of aromatic nitrogens is 1. The summed E-state index contributed by atoms with van der Waals surface area (Å²) in [4.78, 5) is 12.1. The van der Waals surface area contributed by atoms with E-state index in [1.165, 1.54) is 43.5 Å². The van der Waals surface area contributed by atoms with Crippen LogP contribution in [0, 0.1) is 13.8 Å². The van der Waals surface area contributed by atoms with Crippen molar-refractivity contribution in [1.82, 2.24) is 9.99 Å². The second-order valence-corrected chi connectivity index (χ2v) is 7.07. The fraction of sp³-hybridized carbons (Fsp3) is 0.400. The Bertz CT molecular complexity index is 788. The van der Waals surface area contributed by atoms with Crippen molar-refractivity contribution in [3.8, 4) is 0 Å². The van der Waals surface area contributed by atoms with Crippen LogP contribution in [-0.2, 0) is 0 Å². The first-order valence-electron chi connectivity index (χ1n) is 8.84. The third-order valence-electron chi connectivity index (χ3n) is 4.95. The minimum absolute atomic E-state index is 0.303. The number of hydrogen-bond acceptors (Lipinski definition) is 2. The summed E-state index contributed by atoms with van der Waals surface area (Å²) in [5, 5.41) is 4.54. The molecule has 1 aromatic carbocycles. The summed E-state index contributed by atoms with van der Waals surface area (Å²) in [6, 6.07) is 9.67. The van der Waals surface area contributed by atoms with E-state index in [1.807, 2.05) is 0 Å². The monoisotopic (exact) mass is 357 g/mol. The van der Waals surface area contributed by atoms with Crippen molar-refractivity contribution in [2.24, 2.45) is 5.10 Å². The first kappa shape index (κ1) is 17.7. The summed E-state index contributed by atoms with van der Waals surface area (Å²) in [5.74, 6) is -0.303. The lowest BCUT2D eigenvalue weighted by atomic mass is 9.95. The van der Waals surface area contributed by atoms with Crippen LogP contribution in [0.15, 0.2) is 35.4 Å². The number of carbonyl (C=O) groups is 1. The maximum Gasteiger partial charge on any atom is 0.272 e. The van der Waals surface area contributed by atoms with Crippen molar-refractivity contribution in [2.75, 3.05) is 0 Å². The number of carbonyl (C=O) groups excluding carboxylic acids is 1. The SMILES string of the molecule is Cc1cc(/C=N\NC(=O)c2ccccc2Cl)c(C)n1C1CCCCC1. The smallest absolute Gasteiger partial charge is 0.272 e. The third kappa shape index (κ3) is 3.96. The van der Waals surface area contributed by atoms with Gasteiger partial charge in [0.1, 0.15) is 0 Å². The Balaban J connectivity index is 1.71. The molecule has 0 aliphatic heterocycles. The van der Waals surface area contributed by atoms with Crippen LogP contribution < -0.4 is 5.43 Å². The van der Waals surface area contributed by atoms with Gasteiger partial charge < -0.3 is 4.57 Å². The summed E-state index contributed by atoms with van der Waals surface area (Å²) < 4.78 is 2.43. The minimum Gasteiger partial charge on any atom is -0.345 e. The van der Waals surface area contributed by atoms with Gasteiger partial charge in [-0.2, -0.15) is 5.10 Å². The molecule has 1 aliphatic carbocycles. The first-order valence-corrected chi connectivity index (χ1v) is 9.22. The van der Waals surface area contributed by atoms with Crippen molar-refractivity contribution in [1.29, 1.82) is 0 Å². The van der Waals surface area contributed by atoms with Crippen LogP contribution in [0.1, 0.15) is 65.5 Å². The molecule has 1 aliphatic rings. The van der Waals surface area contributed by atoms with Gasteiger partial charge in [0, 0.05) is 23.0 Å². The number of hydrazone groups is 1. The van der Waals surface area contributed by atoms with Crippen LogP contribution in [0.3, 0.4) is 0 Å². The molecular weight excluding hydrogens is 334 g/mol. The van der Waals surface area contributed by atoms with Crippen LogP contribution in [0.5, 0.6) is 0 Å². The average Bonchev–Trinajstić information content (AvgIpc) is 2.89. The summed E-state index contributed by atoms with van der Waals surface area (Å²) in [6.07, 6.45) is 8.17. The summed E-state index contributed by atoms with van der Waals surface area (Å²) in [5.41, 5.74) is 6.49. The number of nitrogens with one attached hydrogen (secondary N) is 1. The zero-order valence-electron chi connectivity index (χ0n) is 14.8. The fourth-order valence-corrected chi connectivity index (χ4v) is 3.92. The molecule has 1 heterocycles. The molecule has 1 saturated carbocycles. The van der Waals surface area contributed by atoms with E-state index < -0.39 is 0 Å². The highest BCUT2D eigenvalue weighted by Gasteiger charge is 2.19. The largest absolute Gasteiger partial charge is 0.345 e. The van der Waals surface area contributed by atoms with Crippen molar-refractivity contribution in [3.05, 3.63) is 57.9 Å². The van der Waals surface area contributed by atoms with Crippen LogP contribution in [0.25, 0.3) is 0 Å². The van der Waals surface area contributed by atoms with Crippen LogP contribution >= 0.6 is 11.6 Å². The Kier molecular flexibility index (Phi) is 5.59. The van der Waals surface area contributed by atoms with Crippen LogP contribution in [0.4, 0.5) is 0 Å². The second kappa shape index (κ2) is 7.87. The Morgan fingerprint density at radius 2 is 1.96 bits per heavy atom. The molecule has 0 radical (unpaired) electrons. The minimum atomic E-state index is -0.303. The first-order chi connectivity index (χ1) is 12.1. The lowest BCUT2D eigenvalue weighted by Gasteiger charge is -2.26. The highest BCUT2D eigenvalue weighted by Crippen LogP contribution is 2.31. The molecule has 1 aromatic heterocycles. The molecule has 1 N–H and O–H groups in total. The second-order valence-electron chi connectivity index (χ2n) is 6.67. The number of amides is 1. The predicted molar refractivity (Wildman–Crippen MR) is 103 cm³/mol. The topological polar surface area (TPSA) is 46.4 Å². The van der Waals surface area contributed by atoms with E-state index in [0.717, 1.165) is 5.56 Å². The lowest BCUT2D eigenvalue weighted by molar-refractivity contribution is 0.0955. The molecule has 25 heavy (non-hydrogen) atoms. The zero-order valence-corrected chi connectivity index (χ0v) is 15.5. The van der Waals surface area contributed by atoms with Gasteiger partial charge in [-0.15, -0.1) is 0 Å². The van der Waals surface area contributed by atoms with Crippen LogP contribution in [0.2, 0.25) is 5.02 Å². The molecule has 1 fully saturated rings. The average molecular weight is 358 g/mol. The van der Waals surface area contributed by atoms with Gasteiger partial charge in [-0.1, -0.05) is 43.0 Å². The molecular formula is C20H24ClN3O. The molecule has 3 rings (SSSR count). The molecule has 1 amide bonds. The van der Waals surface area contributed by atoms with E-state index in [9.17, 15) is 4.79 Å². The molecule has 132 valence electrons. The summed E-state index contributed by atoms with van der Waals surface area (Å²) in [6.45, 7) is 4.26. The van der Waals surface area contributed by atoms with E-state index in [0.29, 0.717) is 16.6 Å². The van der Waals surface area contributed by atoms with Gasteiger partial charge in [-0.3, -0.25) is 4.79 Å². The van der Waals surface area contributed by atoms with Gasteiger partial charge in [0.2, 0.25) is 0 Å². The number of aryl methyl sites for hydroxylation is 1. The summed E-state index contributed by atoms with van der Waals surface area (Å²) in [7, 11) is 0. The van der Waals surface area contributed by atoms with E-state index in [2.05, 4.69) is 35.0 Å². The number of nitrogens with zero attached hydrogens (tertiary/aromatic N) is 2. The number of halogens is 1. The Morgan fingerprint density at radius 3 is 2.68 bits per heavy atom. The fourth-order valence-electron chi connectivity index (χ4n) is 3.70. The third-order valence-corrected chi connectivity index (χ3v) is 5.28. The van der Waals surface area contributed by atoms with Crippen molar-refractivity contribution in [3.63, 3.8) is 0 Å². The van der Waals surface area contributed by atoms with E-state index in [1.54, 1.807) is 30.5 Å². The standard InChI is InChI=1S/C20H24ClN3O/c1-14-12-16(15(2)24(14)17-8-4-3-5-9-17)13-22-23-20(25)18-10-6-7-11-19(18)21/h6-7,10-13,17H,3-5,8-9H2,1-2H3,(H,23,25)/b22-13-. The van der Waals surface area contributed by atoms with Crippen molar-refractivity contribution >= 4 is 23.7 Å². The van der Waals surface area contributed by atoms with Gasteiger partial charge in [0.05, 0.1) is 16.8 Å². The van der Waals surface area contributed by atoms with Crippen molar-refractivity contribution in [2.45, 2.75) is 52.0 Å². The Hall–Kier alpha value is -2.07. The van der Waals surface area contributed by atoms with Crippen molar-refractivity contribution < 1.29 is 4.79 Å². The highest BCUT2D eigenvalue weighted by atomic mass is 35.5. The number of hydrogen-bond donors (Lipinski definition) is 1. The van der Waals surface area contributed by atoms with Gasteiger partial charge >= 0.3 is 0 Å². The zero-order chi connectivity index (χ0) is 17.8. The molecule has 4 nitrogen and oxygen atoms in total.